The number of amides is 1. The van der Waals surface area contributed by atoms with Crippen molar-refractivity contribution in [3.8, 4) is 0 Å². The summed E-state index contributed by atoms with van der Waals surface area (Å²) < 4.78 is 5.19. The molecule has 1 aromatic rings. The van der Waals surface area contributed by atoms with Crippen molar-refractivity contribution in [1.29, 1.82) is 0 Å². The van der Waals surface area contributed by atoms with E-state index >= 15 is 0 Å². The highest BCUT2D eigenvalue weighted by Crippen LogP contribution is 2.08. The molecular formula is C10H14N4O2. The second-order valence-corrected chi connectivity index (χ2v) is 3.48. The number of hydrazine groups is 1. The Bertz CT molecular complexity index is 360. The minimum absolute atomic E-state index is 0.0145. The molecule has 1 aliphatic rings. The Kier molecular flexibility index (Phi) is 3.33. The molecule has 1 saturated heterocycles. The fourth-order valence-corrected chi connectivity index (χ4v) is 1.55. The van der Waals surface area contributed by atoms with Gasteiger partial charge in [-0.3, -0.25) is 4.79 Å². The van der Waals surface area contributed by atoms with Gasteiger partial charge in [-0.15, -0.1) is 0 Å². The van der Waals surface area contributed by atoms with E-state index in [1.807, 2.05) is 0 Å². The zero-order chi connectivity index (χ0) is 11.4. The molecule has 3 N–H and O–H groups in total. The summed E-state index contributed by atoms with van der Waals surface area (Å²) in [5.41, 5.74) is 2.99. The summed E-state index contributed by atoms with van der Waals surface area (Å²) in [5.74, 6) is 5.72. The number of carbonyl (C=O) groups excluding carboxylic acids is 1. The molecule has 6 heteroatoms. The summed E-state index contributed by atoms with van der Waals surface area (Å²) >= 11 is 0. The maximum absolute atomic E-state index is 12.0. The second-order valence-electron chi connectivity index (χ2n) is 3.48. The summed E-state index contributed by atoms with van der Waals surface area (Å²) in [7, 11) is 0. The van der Waals surface area contributed by atoms with Crippen molar-refractivity contribution in [1.82, 2.24) is 9.88 Å². The van der Waals surface area contributed by atoms with E-state index in [0.29, 0.717) is 37.7 Å². The summed E-state index contributed by atoms with van der Waals surface area (Å²) in [6, 6.07) is 3.38. The Balaban J connectivity index is 2.07. The predicted molar refractivity (Wildman–Crippen MR) is 58.8 cm³/mol. The number of carbonyl (C=O) groups is 1. The van der Waals surface area contributed by atoms with Crippen LogP contribution in [-0.2, 0) is 4.74 Å². The number of rotatable bonds is 2. The van der Waals surface area contributed by atoms with Gasteiger partial charge in [0.05, 0.1) is 18.8 Å². The summed E-state index contributed by atoms with van der Waals surface area (Å²) in [4.78, 5) is 17.7. The molecule has 0 aliphatic carbocycles. The van der Waals surface area contributed by atoms with E-state index in [1.54, 1.807) is 17.0 Å². The molecule has 16 heavy (non-hydrogen) atoms. The van der Waals surface area contributed by atoms with E-state index < -0.39 is 0 Å². The Morgan fingerprint density at radius 3 is 2.75 bits per heavy atom. The largest absolute Gasteiger partial charge is 0.378 e. The summed E-state index contributed by atoms with van der Waals surface area (Å²) in [6.45, 7) is 2.47. The van der Waals surface area contributed by atoms with Gasteiger partial charge in [0, 0.05) is 19.3 Å². The lowest BCUT2D eigenvalue weighted by Crippen LogP contribution is -2.40. The third-order valence-electron chi connectivity index (χ3n) is 2.46. The Hall–Kier alpha value is -1.66. The highest BCUT2D eigenvalue weighted by Gasteiger charge is 2.18. The molecule has 6 nitrogen and oxygen atoms in total. The molecular weight excluding hydrogens is 208 g/mol. The first kappa shape index (κ1) is 10.8. The van der Waals surface area contributed by atoms with Gasteiger partial charge in [0.2, 0.25) is 0 Å². The first-order valence-electron chi connectivity index (χ1n) is 5.11. The summed E-state index contributed by atoms with van der Waals surface area (Å²) in [5, 5.41) is 0. The first-order valence-corrected chi connectivity index (χ1v) is 5.11. The number of aromatic nitrogens is 1. The molecule has 1 amide bonds. The van der Waals surface area contributed by atoms with Crippen molar-refractivity contribution < 1.29 is 9.53 Å². The number of ether oxygens (including phenoxy) is 1. The van der Waals surface area contributed by atoms with Gasteiger partial charge in [0.25, 0.3) is 5.91 Å². The SMILES string of the molecule is NNc1ccc(C(=O)N2CCOCC2)cn1. The van der Waals surface area contributed by atoms with Crippen molar-refractivity contribution in [2.45, 2.75) is 0 Å². The van der Waals surface area contributed by atoms with Crippen LogP contribution in [0.5, 0.6) is 0 Å². The van der Waals surface area contributed by atoms with Gasteiger partial charge < -0.3 is 15.1 Å². The Morgan fingerprint density at radius 2 is 2.19 bits per heavy atom. The number of pyridine rings is 1. The number of hydrogen-bond acceptors (Lipinski definition) is 5. The van der Waals surface area contributed by atoms with Crippen molar-refractivity contribution in [3.05, 3.63) is 23.9 Å². The van der Waals surface area contributed by atoms with Gasteiger partial charge >= 0.3 is 0 Å². The highest BCUT2D eigenvalue weighted by atomic mass is 16.5. The molecule has 2 heterocycles. The molecule has 86 valence electrons. The topological polar surface area (TPSA) is 80.5 Å². The first-order chi connectivity index (χ1) is 7.81. The average Bonchev–Trinajstić information content (AvgIpc) is 2.39. The minimum Gasteiger partial charge on any atom is -0.378 e. The van der Waals surface area contributed by atoms with Gasteiger partial charge in [0.1, 0.15) is 5.82 Å². The van der Waals surface area contributed by atoms with Crippen LogP contribution in [-0.4, -0.2) is 42.1 Å². The van der Waals surface area contributed by atoms with Crippen molar-refractivity contribution in [2.24, 2.45) is 5.84 Å². The maximum Gasteiger partial charge on any atom is 0.255 e. The molecule has 1 aromatic heterocycles. The lowest BCUT2D eigenvalue weighted by Gasteiger charge is -2.26. The second kappa shape index (κ2) is 4.91. The van der Waals surface area contributed by atoms with Gasteiger partial charge in [-0.25, -0.2) is 10.8 Å². The van der Waals surface area contributed by atoms with Crippen LogP contribution in [0.3, 0.4) is 0 Å². The number of nitrogens with zero attached hydrogens (tertiary/aromatic N) is 2. The molecule has 0 unspecified atom stereocenters. The number of nitrogens with two attached hydrogens (primary N) is 1. The van der Waals surface area contributed by atoms with Crippen LogP contribution in [0, 0.1) is 0 Å². The molecule has 0 saturated carbocycles. The van der Waals surface area contributed by atoms with Gasteiger partial charge in [-0.1, -0.05) is 0 Å². The van der Waals surface area contributed by atoms with Crippen LogP contribution >= 0.6 is 0 Å². The molecule has 1 fully saturated rings. The molecule has 0 radical (unpaired) electrons. The lowest BCUT2D eigenvalue weighted by atomic mass is 10.2. The van der Waals surface area contributed by atoms with Crippen LogP contribution in [0.15, 0.2) is 18.3 Å². The predicted octanol–water partition coefficient (Wildman–Crippen LogP) is -0.160. The fourth-order valence-electron chi connectivity index (χ4n) is 1.55. The van der Waals surface area contributed by atoms with Crippen molar-refractivity contribution >= 4 is 11.7 Å². The fraction of sp³-hybridized carbons (Fsp3) is 0.400. The van der Waals surface area contributed by atoms with E-state index in [9.17, 15) is 4.79 Å². The number of anilines is 1. The monoisotopic (exact) mass is 222 g/mol. The number of morpholine rings is 1. The van der Waals surface area contributed by atoms with Gasteiger partial charge in [-0.2, -0.15) is 0 Å². The highest BCUT2D eigenvalue weighted by molar-refractivity contribution is 5.94. The van der Waals surface area contributed by atoms with Crippen molar-refractivity contribution in [3.63, 3.8) is 0 Å². The quantitative estimate of drug-likeness (QED) is 0.537. The zero-order valence-corrected chi connectivity index (χ0v) is 8.85. The van der Waals surface area contributed by atoms with E-state index in [-0.39, 0.29) is 5.91 Å². The van der Waals surface area contributed by atoms with Gasteiger partial charge in [0.15, 0.2) is 0 Å². The Morgan fingerprint density at radius 1 is 1.44 bits per heavy atom. The minimum atomic E-state index is -0.0145. The number of nitrogen functional groups attached to an aromatic ring is 1. The standard InChI is InChI=1S/C10H14N4O2/c11-13-9-2-1-8(7-12-9)10(15)14-3-5-16-6-4-14/h1-2,7H,3-6,11H2,(H,12,13). The van der Waals surface area contributed by atoms with Crippen LogP contribution < -0.4 is 11.3 Å². The maximum atomic E-state index is 12.0. The Labute approximate surface area is 93.4 Å². The summed E-state index contributed by atoms with van der Waals surface area (Å²) in [6.07, 6.45) is 1.52. The third kappa shape index (κ3) is 2.29. The van der Waals surface area contributed by atoms with Crippen LogP contribution in [0.25, 0.3) is 0 Å². The molecule has 2 rings (SSSR count). The van der Waals surface area contributed by atoms with E-state index in [1.165, 1.54) is 6.20 Å². The molecule has 0 aromatic carbocycles. The average molecular weight is 222 g/mol. The van der Waals surface area contributed by atoms with E-state index in [2.05, 4.69) is 10.4 Å². The van der Waals surface area contributed by atoms with Crippen LogP contribution in [0.1, 0.15) is 10.4 Å². The molecule has 1 aliphatic heterocycles. The van der Waals surface area contributed by atoms with Crippen molar-refractivity contribution in [2.75, 3.05) is 31.7 Å². The smallest absolute Gasteiger partial charge is 0.255 e. The normalized spacial score (nSPS) is 15.9. The molecule has 0 bridgehead atoms. The van der Waals surface area contributed by atoms with Crippen LogP contribution in [0.4, 0.5) is 5.82 Å². The number of hydrogen-bond donors (Lipinski definition) is 2. The lowest BCUT2D eigenvalue weighted by molar-refractivity contribution is 0.0302. The molecule has 0 atom stereocenters. The van der Waals surface area contributed by atoms with E-state index in [4.69, 9.17) is 10.6 Å². The van der Waals surface area contributed by atoms with E-state index in [0.717, 1.165) is 0 Å². The van der Waals surface area contributed by atoms with Gasteiger partial charge in [-0.05, 0) is 12.1 Å². The third-order valence-corrected chi connectivity index (χ3v) is 2.46. The number of nitrogens with one attached hydrogen (secondary N) is 1. The zero-order valence-electron chi connectivity index (χ0n) is 8.85. The van der Waals surface area contributed by atoms with Crippen LogP contribution in [0.2, 0.25) is 0 Å². The molecule has 0 spiro atoms.